The van der Waals surface area contributed by atoms with E-state index in [1.807, 2.05) is 0 Å². The van der Waals surface area contributed by atoms with Gasteiger partial charge in [-0.2, -0.15) is 9.61 Å². The Balaban J connectivity index is 1.58. The van der Waals surface area contributed by atoms with Crippen LogP contribution in [-0.4, -0.2) is 67.7 Å². The molecule has 0 aliphatic carbocycles. The molecule has 146 valence electrons. The van der Waals surface area contributed by atoms with Crippen LogP contribution in [0.15, 0.2) is 42.9 Å². The first kappa shape index (κ1) is 16.1. The van der Waals surface area contributed by atoms with Gasteiger partial charge in [-0.3, -0.25) is 10.1 Å². The van der Waals surface area contributed by atoms with E-state index in [1.165, 1.54) is 17.0 Å². The summed E-state index contributed by atoms with van der Waals surface area (Å²) >= 11 is 0. The molecule has 1 aliphatic heterocycles. The highest BCUT2D eigenvalue weighted by Crippen LogP contribution is 2.35. The van der Waals surface area contributed by atoms with E-state index in [1.54, 1.807) is 30.3 Å². The number of fused-ring (bicyclic) bond motifs is 1. The van der Waals surface area contributed by atoms with E-state index < -0.39 is 31.5 Å². The van der Waals surface area contributed by atoms with Gasteiger partial charge in [0.25, 0.3) is 5.91 Å². The van der Waals surface area contributed by atoms with E-state index in [9.17, 15) is 15.0 Å². The number of carbonyl (C=O) groups excluding carboxylic acids is 1. The SMILES string of the molecule is [2H]C([3H])OCC1OC(c2cnn3c(NC(=O)c4ccccc4)ncnc23)C(O)C1O. The second-order valence-electron chi connectivity index (χ2n) is 6.26. The Morgan fingerprint density at radius 2 is 2.21 bits per heavy atom. The molecule has 0 spiro atoms. The van der Waals surface area contributed by atoms with Crippen LogP contribution in [-0.2, 0) is 9.47 Å². The molecule has 28 heavy (non-hydrogen) atoms. The summed E-state index contributed by atoms with van der Waals surface area (Å²) in [5.41, 5.74) is 1.11. The second-order valence-corrected chi connectivity index (χ2v) is 6.26. The Hall–Kier alpha value is -2.92. The number of benzene rings is 1. The number of nitrogens with zero attached hydrogens (tertiary/aromatic N) is 4. The second kappa shape index (κ2) is 7.60. The zero-order valence-electron chi connectivity index (χ0n) is 16.5. The summed E-state index contributed by atoms with van der Waals surface area (Å²) < 4.78 is 26.0. The third-order valence-electron chi connectivity index (χ3n) is 4.52. The van der Waals surface area contributed by atoms with Crippen LogP contribution < -0.4 is 5.32 Å². The summed E-state index contributed by atoms with van der Waals surface area (Å²) in [5, 5.41) is 27.5. The number of rotatable bonds is 5. The average Bonchev–Trinajstić information content (AvgIpc) is 3.29. The molecule has 3 N–H and O–H groups in total. The van der Waals surface area contributed by atoms with Crippen LogP contribution >= 0.6 is 0 Å². The summed E-state index contributed by atoms with van der Waals surface area (Å²) in [6.45, 7) is -0.223. The summed E-state index contributed by atoms with van der Waals surface area (Å²) in [5.74, 6) is -0.253. The maximum Gasteiger partial charge on any atom is 0.258 e. The molecule has 3 heterocycles. The molecule has 1 aliphatic rings. The molecule has 4 rings (SSSR count). The number of hydrogen-bond donors (Lipinski definition) is 3. The van der Waals surface area contributed by atoms with Gasteiger partial charge in [-0.05, 0) is 12.1 Å². The largest absolute Gasteiger partial charge is 0.387 e. The molecular weight excluding hydrogens is 366 g/mol. The van der Waals surface area contributed by atoms with Gasteiger partial charge >= 0.3 is 0 Å². The average molecular weight is 388 g/mol. The van der Waals surface area contributed by atoms with Crippen molar-refractivity contribution < 1.29 is 27.2 Å². The van der Waals surface area contributed by atoms with Crippen molar-refractivity contribution in [3.8, 4) is 0 Å². The first-order valence-electron chi connectivity index (χ1n) is 9.64. The molecule has 1 amide bonds. The molecule has 2 aromatic heterocycles. The number of nitrogens with one attached hydrogen (secondary N) is 1. The molecule has 1 fully saturated rings. The Kier molecular flexibility index (Phi) is 4.36. The fraction of sp³-hybridized carbons (Fsp3) is 0.333. The van der Waals surface area contributed by atoms with Gasteiger partial charge in [-0.15, -0.1) is 0 Å². The fourth-order valence-corrected chi connectivity index (χ4v) is 3.12. The molecule has 3 aromatic rings. The maximum absolute atomic E-state index is 12.4. The number of amides is 1. The van der Waals surface area contributed by atoms with Crippen molar-refractivity contribution in [3.05, 3.63) is 54.0 Å². The van der Waals surface area contributed by atoms with E-state index in [-0.39, 0.29) is 24.1 Å². The van der Waals surface area contributed by atoms with Crippen LogP contribution in [0.3, 0.4) is 0 Å². The predicted octanol–water partition coefficient (Wildman–Crippen LogP) is 0.185. The summed E-state index contributed by atoms with van der Waals surface area (Å²) in [7, 11) is -1.53. The molecule has 10 nitrogen and oxygen atoms in total. The Bertz CT molecular complexity index is 1030. The summed E-state index contributed by atoms with van der Waals surface area (Å²) in [6, 6.07) is 8.60. The minimum Gasteiger partial charge on any atom is -0.387 e. The Morgan fingerprint density at radius 3 is 3.00 bits per heavy atom. The highest BCUT2D eigenvalue weighted by Gasteiger charge is 2.44. The molecule has 0 radical (unpaired) electrons. The number of anilines is 1. The van der Waals surface area contributed by atoms with E-state index >= 15 is 0 Å². The van der Waals surface area contributed by atoms with Gasteiger partial charge in [0, 0.05) is 18.2 Å². The van der Waals surface area contributed by atoms with Gasteiger partial charge in [-0.25, -0.2) is 9.97 Å². The predicted molar refractivity (Wildman–Crippen MR) is 96.7 cm³/mol. The highest BCUT2D eigenvalue weighted by molar-refractivity contribution is 6.03. The van der Waals surface area contributed by atoms with Crippen molar-refractivity contribution in [2.45, 2.75) is 24.4 Å². The van der Waals surface area contributed by atoms with Crippen LogP contribution in [0, 0.1) is 0 Å². The molecule has 5 atom stereocenters. The van der Waals surface area contributed by atoms with E-state index in [2.05, 4.69) is 20.4 Å². The minimum atomic E-state index is -1.53. The van der Waals surface area contributed by atoms with Crippen molar-refractivity contribution in [2.24, 2.45) is 0 Å². The van der Waals surface area contributed by atoms with E-state index in [0.29, 0.717) is 11.1 Å². The third kappa shape index (κ3) is 3.22. The Labute approximate surface area is 162 Å². The lowest BCUT2D eigenvalue weighted by atomic mass is 10.0. The quantitative estimate of drug-likeness (QED) is 0.564. The van der Waals surface area contributed by atoms with Gasteiger partial charge in [0.15, 0.2) is 5.65 Å². The van der Waals surface area contributed by atoms with Crippen LogP contribution in [0.1, 0.15) is 24.8 Å². The summed E-state index contributed by atoms with van der Waals surface area (Å²) in [6.07, 6.45) is -1.80. The zero-order chi connectivity index (χ0) is 21.3. The smallest absolute Gasteiger partial charge is 0.258 e. The normalized spacial score (nSPS) is 26.6. The lowest BCUT2D eigenvalue weighted by molar-refractivity contribution is -0.0336. The molecule has 10 heteroatoms. The highest BCUT2D eigenvalue weighted by atomic mass is 16.6. The number of aliphatic hydroxyl groups is 2. The fourth-order valence-electron chi connectivity index (χ4n) is 3.12. The van der Waals surface area contributed by atoms with Crippen molar-refractivity contribution in [1.29, 1.82) is 0 Å². The van der Waals surface area contributed by atoms with Crippen molar-refractivity contribution in [3.63, 3.8) is 0 Å². The number of aliphatic hydroxyl groups excluding tert-OH is 2. The zero-order valence-corrected chi connectivity index (χ0v) is 14.5. The minimum absolute atomic E-state index is 0.124. The van der Waals surface area contributed by atoms with Crippen molar-refractivity contribution >= 4 is 17.5 Å². The topological polar surface area (TPSA) is 131 Å². The molecule has 5 unspecified atom stereocenters. The first-order valence-corrected chi connectivity index (χ1v) is 8.48. The summed E-state index contributed by atoms with van der Waals surface area (Å²) in [4.78, 5) is 20.6. The van der Waals surface area contributed by atoms with Crippen LogP contribution in [0.25, 0.3) is 5.65 Å². The maximum atomic E-state index is 12.4. The molecular formula is C18H19N5O5. The molecule has 1 saturated heterocycles. The standard InChI is InChI=1S/C18H19N5O5/c1-27-8-12-13(24)14(25)15(28-12)11-7-21-23-16(11)19-9-20-18(23)22-17(26)10-5-3-2-4-6-10/h2-7,9,12-15,24-25H,8H2,1H3,(H,19,20,22,26)/i1TD. The van der Waals surface area contributed by atoms with Crippen LogP contribution in [0.5, 0.6) is 0 Å². The lowest BCUT2D eigenvalue weighted by Gasteiger charge is -2.13. The number of methoxy groups -OCH3 is 1. The number of hydrogen-bond acceptors (Lipinski definition) is 8. The van der Waals surface area contributed by atoms with E-state index in [0.717, 1.165) is 0 Å². The van der Waals surface area contributed by atoms with Gasteiger partial charge < -0.3 is 19.7 Å². The van der Waals surface area contributed by atoms with Crippen molar-refractivity contribution in [2.75, 3.05) is 19.0 Å². The Morgan fingerprint density at radius 1 is 1.39 bits per heavy atom. The van der Waals surface area contributed by atoms with Crippen LogP contribution in [0.2, 0.25) is 0 Å². The number of carbonyl (C=O) groups is 1. The third-order valence-corrected chi connectivity index (χ3v) is 4.52. The molecule has 0 bridgehead atoms. The monoisotopic (exact) mass is 388 g/mol. The van der Waals surface area contributed by atoms with Gasteiger partial charge in [0.2, 0.25) is 5.95 Å². The molecule has 0 saturated carbocycles. The van der Waals surface area contributed by atoms with Crippen LogP contribution in [0.4, 0.5) is 5.95 Å². The first-order chi connectivity index (χ1) is 14.5. The van der Waals surface area contributed by atoms with Gasteiger partial charge in [0.05, 0.1) is 15.5 Å². The van der Waals surface area contributed by atoms with E-state index in [4.69, 9.17) is 12.2 Å². The lowest BCUT2D eigenvalue weighted by Crippen LogP contribution is -2.33. The van der Waals surface area contributed by atoms with Gasteiger partial charge in [-0.1, -0.05) is 18.2 Å². The number of aromatic nitrogens is 4. The molecule has 1 aromatic carbocycles. The van der Waals surface area contributed by atoms with Crippen molar-refractivity contribution in [1.82, 2.24) is 19.6 Å². The van der Waals surface area contributed by atoms with Gasteiger partial charge in [0.1, 0.15) is 30.7 Å². The number of ether oxygens (including phenoxy) is 2.